The van der Waals surface area contributed by atoms with E-state index in [-0.39, 0.29) is 17.0 Å². The minimum absolute atomic E-state index is 0.0916. The van der Waals surface area contributed by atoms with Crippen LogP contribution >= 0.6 is 0 Å². The van der Waals surface area contributed by atoms with Gasteiger partial charge in [0.2, 0.25) is 0 Å². The summed E-state index contributed by atoms with van der Waals surface area (Å²) in [5.74, 6) is -0.955. The Kier molecular flexibility index (Phi) is 5.55. The van der Waals surface area contributed by atoms with Crippen LogP contribution in [0.3, 0.4) is 0 Å². The standard InChI is InChI=1S/C26H23N3O4/c1-15-9-16(2)12-20(11-15)27-24-23(19-5-7-21(8-6-19)29(32)33)25(30)28(26(24)31)22-13-17(3)10-18(4)14-22/h5-14,27H,1-4H3. The fraction of sp³-hybridized carbons (Fsp3) is 0.154. The summed E-state index contributed by atoms with van der Waals surface area (Å²) in [6.45, 7) is 7.71. The van der Waals surface area contributed by atoms with Gasteiger partial charge in [0, 0.05) is 17.8 Å². The third kappa shape index (κ3) is 4.25. The van der Waals surface area contributed by atoms with Crippen LogP contribution in [-0.2, 0) is 9.59 Å². The van der Waals surface area contributed by atoms with Gasteiger partial charge in [0.15, 0.2) is 0 Å². The van der Waals surface area contributed by atoms with Crippen molar-refractivity contribution in [3.63, 3.8) is 0 Å². The quantitative estimate of drug-likeness (QED) is 0.333. The van der Waals surface area contributed by atoms with Crippen molar-refractivity contribution in [2.45, 2.75) is 27.7 Å². The lowest BCUT2D eigenvalue weighted by atomic mass is 10.0. The van der Waals surface area contributed by atoms with Crippen LogP contribution in [0.15, 0.2) is 66.4 Å². The minimum atomic E-state index is -0.504. The number of aryl methyl sites for hydroxylation is 4. The molecule has 2 amide bonds. The number of rotatable bonds is 5. The first-order chi connectivity index (χ1) is 15.6. The molecule has 33 heavy (non-hydrogen) atoms. The van der Waals surface area contributed by atoms with E-state index in [9.17, 15) is 19.7 Å². The van der Waals surface area contributed by atoms with Gasteiger partial charge in [0.05, 0.1) is 16.2 Å². The SMILES string of the molecule is Cc1cc(C)cc(NC2=C(c3ccc([N+](=O)[O-])cc3)C(=O)N(c3cc(C)cc(C)c3)C2=O)c1. The third-order valence-corrected chi connectivity index (χ3v) is 5.41. The van der Waals surface area contributed by atoms with E-state index in [1.54, 1.807) is 12.1 Å². The van der Waals surface area contributed by atoms with Gasteiger partial charge in [0.25, 0.3) is 17.5 Å². The number of nitrogens with one attached hydrogen (secondary N) is 1. The van der Waals surface area contributed by atoms with E-state index in [1.165, 1.54) is 24.3 Å². The maximum Gasteiger partial charge on any atom is 0.282 e. The van der Waals surface area contributed by atoms with Gasteiger partial charge in [-0.3, -0.25) is 19.7 Å². The van der Waals surface area contributed by atoms with Crippen LogP contribution in [0.25, 0.3) is 5.57 Å². The molecule has 7 nitrogen and oxygen atoms in total. The molecule has 0 spiro atoms. The lowest BCUT2D eigenvalue weighted by Gasteiger charge is -2.17. The Hall–Kier alpha value is -4.26. The number of nitro groups is 1. The highest BCUT2D eigenvalue weighted by atomic mass is 16.6. The molecular weight excluding hydrogens is 418 g/mol. The van der Waals surface area contributed by atoms with E-state index in [2.05, 4.69) is 5.32 Å². The van der Waals surface area contributed by atoms with Crippen LogP contribution in [0.2, 0.25) is 0 Å². The van der Waals surface area contributed by atoms with Crippen LogP contribution in [0, 0.1) is 37.8 Å². The van der Waals surface area contributed by atoms with Crippen molar-refractivity contribution in [2.75, 3.05) is 10.2 Å². The van der Waals surface area contributed by atoms with Crippen molar-refractivity contribution in [3.05, 3.63) is 104 Å². The predicted octanol–water partition coefficient (Wildman–Crippen LogP) is 5.23. The van der Waals surface area contributed by atoms with Crippen LogP contribution in [0.5, 0.6) is 0 Å². The number of non-ortho nitro benzene ring substituents is 1. The molecule has 1 aliphatic heterocycles. The topological polar surface area (TPSA) is 92.6 Å². The summed E-state index contributed by atoms with van der Waals surface area (Å²) < 4.78 is 0. The number of carbonyl (C=O) groups excluding carboxylic acids is 2. The van der Waals surface area contributed by atoms with Crippen molar-refractivity contribution in [1.82, 2.24) is 0 Å². The van der Waals surface area contributed by atoms with Crippen molar-refractivity contribution in [2.24, 2.45) is 0 Å². The van der Waals surface area contributed by atoms with Crippen LogP contribution < -0.4 is 10.2 Å². The number of benzene rings is 3. The second kappa shape index (κ2) is 8.35. The van der Waals surface area contributed by atoms with Gasteiger partial charge in [-0.15, -0.1) is 0 Å². The van der Waals surface area contributed by atoms with E-state index >= 15 is 0 Å². The molecule has 0 fully saturated rings. The number of imide groups is 1. The molecule has 1 N–H and O–H groups in total. The average Bonchev–Trinajstić information content (AvgIpc) is 2.96. The Labute approximate surface area is 191 Å². The molecule has 7 heteroatoms. The molecule has 0 radical (unpaired) electrons. The number of carbonyl (C=O) groups is 2. The number of nitrogens with zero attached hydrogens (tertiary/aromatic N) is 2. The number of nitro benzene ring substituents is 1. The smallest absolute Gasteiger partial charge is 0.282 e. The summed E-state index contributed by atoms with van der Waals surface area (Å²) in [5, 5.41) is 14.2. The largest absolute Gasteiger partial charge is 0.350 e. The summed E-state index contributed by atoms with van der Waals surface area (Å²) >= 11 is 0. The lowest BCUT2D eigenvalue weighted by molar-refractivity contribution is -0.384. The van der Waals surface area contributed by atoms with Gasteiger partial charge in [-0.1, -0.05) is 12.1 Å². The Bertz CT molecular complexity index is 1300. The highest BCUT2D eigenvalue weighted by Gasteiger charge is 2.40. The van der Waals surface area contributed by atoms with Gasteiger partial charge in [-0.25, -0.2) is 4.90 Å². The fourth-order valence-corrected chi connectivity index (χ4v) is 4.17. The highest BCUT2D eigenvalue weighted by molar-refractivity contribution is 6.46. The third-order valence-electron chi connectivity index (χ3n) is 5.41. The normalized spacial score (nSPS) is 13.6. The molecule has 0 unspecified atom stereocenters. The van der Waals surface area contributed by atoms with Gasteiger partial charge in [-0.05, 0) is 91.9 Å². The van der Waals surface area contributed by atoms with Gasteiger partial charge >= 0.3 is 0 Å². The lowest BCUT2D eigenvalue weighted by Crippen LogP contribution is -2.32. The van der Waals surface area contributed by atoms with E-state index < -0.39 is 16.7 Å². The molecule has 1 heterocycles. The van der Waals surface area contributed by atoms with Crippen molar-refractivity contribution >= 4 is 34.4 Å². The molecular formula is C26H23N3O4. The van der Waals surface area contributed by atoms with E-state index in [0.717, 1.165) is 27.2 Å². The Morgan fingerprint density at radius 1 is 0.758 bits per heavy atom. The zero-order valence-corrected chi connectivity index (χ0v) is 18.8. The number of hydrogen-bond donors (Lipinski definition) is 1. The summed E-state index contributed by atoms with van der Waals surface area (Å²) in [5.41, 5.74) is 5.70. The Morgan fingerprint density at radius 3 is 1.79 bits per heavy atom. The first-order valence-corrected chi connectivity index (χ1v) is 10.5. The number of hydrogen-bond acceptors (Lipinski definition) is 5. The van der Waals surface area contributed by atoms with E-state index in [4.69, 9.17) is 0 Å². The fourth-order valence-electron chi connectivity index (χ4n) is 4.17. The van der Waals surface area contributed by atoms with E-state index in [1.807, 2.05) is 52.0 Å². The molecule has 3 aromatic rings. The maximum absolute atomic E-state index is 13.6. The molecule has 0 bridgehead atoms. The van der Waals surface area contributed by atoms with Crippen molar-refractivity contribution in [3.8, 4) is 0 Å². The number of amides is 2. The molecule has 0 saturated carbocycles. The zero-order chi connectivity index (χ0) is 23.9. The van der Waals surface area contributed by atoms with Crippen LogP contribution in [0.1, 0.15) is 27.8 Å². The summed E-state index contributed by atoms with van der Waals surface area (Å²) in [6.07, 6.45) is 0. The molecule has 1 aliphatic rings. The maximum atomic E-state index is 13.6. The molecule has 0 saturated heterocycles. The van der Waals surface area contributed by atoms with Crippen molar-refractivity contribution < 1.29 is 14.5 Å². The predicted molar refractivity (Wildman–Crippen MR) is 128 cm³/mol. The summed E-state index contributed by atoms with van der Waals surface area (Å²) in [4.78, 5) is 38.8. The Balaban J connectivity index is 1.85. The average molecular weight is 441 g/mol. The first-order valence-electron chi connectivity index (χ1n) is 10.5. The van der Waals surface area contributed by atoms with E-state index in [0.29, 0.717) is 16.9 Å². The second-order valence-electron chi connectivity index (χ2n) is 8.35. The monoisotopic (exact) mass is 441 g/mol. The first kappa shape index (κ1) is 22.0. The minimum Gasteiger partial charge on any atom is -0.350 e. The number of anilines is 2. The summed E-state index contributed by atoms with van der Waals surface area (Å²) in [6, 6.07) is 17.0. The summed E-state index contributed by atoms with van der Waals surface area (Å²) in [7, 11) is 0. The molecule has 0 atom stereocenters. The molecule has 4 rings (SSSR count). The molecule has 0 aromatic heterocycles. The molecule has 0 aliphatic carbocycles. The van der Waals surface area contributed by atoms with Crippen molar-refractivity contribution in [1.29, 1.82) is 0 Å². The van der Waals surface area contributed by atoms with Crippen LogP contribution in [-0.4, -0.2) is 16.7 Å². The van der Waals surface area contributed by atoms with Gasteiger partial charge < -0.3 is 5.32 Å². The molecule has 166 valence electrons. The van der Waals surface area contributed by atoms with Gasteiger partial charge in [-0.2, -0.15) is 0 Å². The highest BCUT2D eigenvalue weighted by Crippen LogP contribution is 2.35. The second-order valence-corrected chi connectivity index (χ2v) is 8.35. The Morgan fingerprint density at radius 2 is 1.27 bits per heavy atom. The van der Waals surface area contributed by atoms with Gasteiger partial charge in [0.1, 0.15) is 5.70 Å². The van der Waals surface area contributed by atoms with Crippen LogP contribution in [0.4, 0.5) is 17.1 Å². The zero-order valence-electron chi connectivity index (χ0n) is 18.8. The molecule has 3 aromatic carbocycles.